The number of hydrogen-bond donors (Lipinski definition) is 1. The molecule has 3 aromatic rings. The molecule has 19 heavy (non-hydrogen) atoms. The minimum atomic E-state index is -1.05. The maximum atomic E-state index is 10.9. The molecule has 0 amide bonds. The molecule has 2 heterocycles. The first kappa shape index (κ1) is 11.5. The quantitative estimate of drug-likeness (QED) is 0.782. The number of fused-ring (bicyclic) bond motifs is 1. The fourth-order valence-corrected chi connectivity index (χ4v) is 2.14. The van der Waals surface area contributed by atoms with Gasteiger partial charge in [0, 0.05) is 10.9 Å². The van der Waals surface area contributed by atoms with E-state index in [1.54, 1.807) is 23.9 Å². The fraction of sp³-hybridized carbons (Fsp3) is 0.143. The van der Waals surface area contributed by atoms with Crippen molar-refractivity contribution < 1.29 is 14.3 Å². The monoisotopic (exact) mass is 256 g/mol. The van der Waals surface area contributed by atoms with Crippen LogP contribution < -0.4 is 0 Å². The Kier molecular flexibility index (Phi) is 2.59. The maximum absolute atomic E-state index is 10.9. The van der Waals surface area contributed by atoms with E-state index in [1.807, 2.05) is 24.3 Å². The number of carboxylic acids is 1. The third-order valence-corrected chi connectivity index (χ3v) is 3.02. The summed E-state index contributed by atoms with van der Waals surface area (Å²) in [6.07, 6.45) is 1.78. The van der Waals surface area contributed by atoms with Crippen LogP contribution in [-0.2, 0) is 6.54 Å². The lowest BCUT2D eigenvalue weighted by molar-refractivity contribution is 0.0659. The molecule has 0 spiro atoms. The molecule has 0 saturated heterocycles. The summed E-state index contributed by atoms with van der Waals surface area (Å²) in [5.41, 5.74) is 1.62. The van der Waals surface area contributed by atoms with Crippen molar-refractivity contribution in [3.05, 3.63) is 53.6 Å². The fourth-order valence-electron chi connectivity index (χ4n) is 2.14. The summed E-state index contributed by atoms with van der Waals surface area (Å²) in [4.78, 5) is 10.9. The van der Waals surface area contributed by atoms with Crippen LogP contribution in [-0.4, -0.2) is 20.9 Å². The molecule has 1 aromatic carbocycles. The lowest BCUT2D eigenvalue weighted by Gasteiger charge is -2.00. The Bertz CT molecular complexity index is 755. The van der Waals surface area contributed by atoms with Gasteiger partial charge in [-0.3, -0.25) is 4.68 Å². The van der Waals surface area contributed by atoms with Gasteiger partial charge in [0.25, 0.3) is 0 Å². The van der Waals surface area contributed by atoms with Gasteiger partial charge in [0.2, 0.25) is 5.76 Å². The average molecular weight is 256 g/mol. The standard InChI is InChI=1S/C14H12N2O3/c1-9-6-11(19-13(9)14(17)18)8-16-12-5-3-2-4-10(12)7-15-16/h2-7H,8H2,1H3,(H,17,18). The molecule has 0 bridgehead atoms. The van der Waals surface area contributed by atoms with E-state index in [1.165, 1.54) is 0 Å². The molecule has 1 N–H and O–H groups in total. The first-order valence-electron chi connectivity index (χ1n) is 5.88. The second-order valence-electron chi connectivity index (χ2n) is 4.39. The number of benzene rings is 1. The van der Waals surface area contributed by atoms with Crippen molar-refractivity contribution in [1.82, 2.24) is 9.78 Å². The van der Waals surface area contributed by atoms with Gasteiger partial charge in [-0.2, -0.15) is 5.10 Å². The zero-order valence-corrected chi connectivity index (χ0v) is 10.3. The van der Waals surface area contributed by atoms with Crippen LogP contribution in [0.3, 0.4) is 0 Å². The molecule has 5 heteroatoms. The van der Waals surface area contributed by atoms with Crippen LogP contribution >= 0.6 is 0 Å². The normalized spacial score (nSPS) is 11.0. The smallest absolute Gasteiger partial charge is 0.372 e. The van der Waals surface area contributed by atoms with Crippen LogP contribution in [0.2, 0.25) is 0 Å². The van der Waals surface area contributed by atoms with Crippen molar-refractivity contribution in [1.29, 1.82) is 0 Å². The average Bonchev–Trinajstić information content (AvgIpc) is 2.95. The molecule has 0 fully saturated rings. The Labute approximate surface area is 109 Å². The number of carboxylic acid groups (broad SMARTS) is 1. The van der Waals surface area contributed by atoms with E-state index in [0.717, 1.165) is 10.9 Å². The van der Waals surface area contributed by atoms with Crippen molar-refractivity contribution >= 4 is 16.9 Å². The first-order valence-corrected chi connectivity index (χ1v) is 5.88. The van der Waals surface area contributed by atoms with E-state index in [4.69, 9.17) is 9.52 Å². The van der Waals surface area contributed by atoms with Crippen LogP contribution in [0, 0.1) is 6.92 Å². The number of para-hydroxylation sites is 1. The molecular formula is C14H12N2O3. The van der Waals surface area contributed by atoms with Crippen molar-refractivity contribution in [2.75, 3.05) is 0 Å². The van der Waals surface area contributed by atoms with Crippen LogP contribution in [0.1, 0.15) is 21.9 Å². The molecular weight excluding hydrogens is 244 g/mol. The lowest BCUT2D eigenvalue weighted by Crippen LogP contribution is -2.00. The summed E-state index contributed by atoms with van der Waals surface area (Å²) in [7, 11) is 0. The molecule has 5 nitrogen and oxygen atoms in total. The van der Waals surface area contributed by atoms with Gasteiger partial charge in [0.15, 0.2) is 0 Å². The van der Waals surface area contributed by atoms with Crippen molar-refractivity contribution in [2.24, 2.45) is 0 Å². The predicted octanol–water partition coefficient (Wildman–Crippen LogP) is 2.68. The van der Waals surface area contributed by atoms with E-state index >= 15 is 0 Å². The van der Waals surface area contributed by atoms with E-state index in [-0.39, 0.29) is 5.76 Å². The van der Waals surface area contributed by atoms with Gasteiger partial charge in [-0.15, -0.1) is 0 Å². The third-order valence-electron chi connectivity index (χ3n) is 3.02. The number of aryl methyl sites for hydroxylation is 1. The van der Waals surface area contributed by atoms with E-state index < -0.39 is 5.97 Å². The van der Waals surface area contributed by atoms with Gasteiger partial charge in [0.1, 0.15) is 5.76 Å². The number of rotatable bonds is 3. The molecule has 0 aliphatic heterocycles. The van der Waals surface area contributed by atoms with E-state index in [2.05, 4.69) is 5.10 Å². The number of hydrogen-bond acceptors (Lipinski definition) is 3. The van der Waals surface area contributed by atoms with Gasteiger partial charge in [0.05, 0.1) is 18.3 Å². The molecule has 0 radical (unpaired) electrons. The zero-order chi connectivity index (χ0) is 13.4. The van der Waals surface area contributed by atoms with Gasteiger partial charge in [-0.25, -0.2) is 4.79 Å². The highest BCUT2D eigenvalue weighted by molar-refractivity contribution is 5.86. The van der Waals surface area contributed by atoms with Crippen molar-refractivity contribution in [3.8, 4) is 0 Å². The van der Waals surface area contributed by atoms with Crippen molar-refractivity contribution in [2.45, 2.75) is 13.5 Å². The van der Waals surface area contributed by atoms with Gasteiger partial charge < -0.3 is 9.52 Å². The Morgan fingerprint density at radius 1 is 1.42 bits per heavy atom. The second-order valence-corrected chi connectivity index (χ2v) is 4.39. The molecule has 0 saturated carbocycles. The van der Waals surface area contributed by atoms with Crippen LogP contribution in [0.25, 0.3) is 10.9 Å². The Morgan fingerprint density at radius 2 is 2.21 bits per heavy atom. The first-order chi connectivity index (χ1) is 9.15. The van der Waals surface area contributed by atoms with E-state index in [0.29, 0.717) is 17.9 Å². The lowest BCUT2D eigenvalue weighted by atomic mass is 10.2. The predicted molar refractivity (Wildman–Crippen MR) is 69.2 cm³/mol. The van der Waals surface area contributed by atoms with Crippen LogP contribution in [0.4, 0.5) is 0 Å². The Balaban J connectivity index is 1.97. The van der Waals surface area contributed by atoms with Crippen molar-refractivity contribution in [3.63, 3.8) is 0 Å². The Hall–Kier alpha value is -2.56. The molecule has 96 valence electrons. The molecule has 0 atom stereocenters. The number of nitrogens with zero attached hydrogens (tertiary/aromatic N) is 2. The van der Waals surface area contributed by atoms with Crippen LogP contribution in [0.15, 0.2) is 40.9 Å². The van der Waals surface area contributed by atoms with E-state index in [9.17, 15) is 4.79 Å². The number of carbonyl (C=O) groups is 1. The summed E-state index contributed by atoms with van der Waals surface area (Å²) in [6, 6.07) is 9.58. The van der Waals surface area contributed by atoms with Crippen LogP contribution in [0.5, 0.6) is 0 Å². The molecule has 0 unspecified atom stereocenters. The molecule has 0 aliphatic carbocycles. The highest BCUT2D eigenvalue weighted by atomic mass is 16.4. The minimum Gasteiger partial charge on any atom is -0.475 e. The minimum absolute atomic E-state index is 0.00791. The molecule has 0 aliphatic rings. The number of aromatic nitrogens is 2. The number of furan rings is 1. The summed E-state index contributed by atoms with van der Waals surface area (Å²) < 4.78 is 7.13. The highest BCUT2D eigenvalue weighted by Crippen LogP contribution is 2.18. The summed E-state index contributed by atoms with van der Waals surface area (Å²) >= 11 is 0. The molecule has 2 aromatic heterocycles. The van der Waals surface area contributed by atoms with Gasteiger partial charge in [-0.05, 0) is 19.1 Å². The number of aromatic carboxylic acids is 1. The molecule has 3 rings (SSSR count). The van der Waals surface area contributed by atoms with Gasteiger partial charge in [-0.1, -0.05) is 18.2 Å². The summed E-state index contributed by atoms with van der Waals surface area (Å²) in [5.74, 6) is -0.468. The maximum Gasteiger partial charge on any atom is 0.372 e. The third kappa shape index (κ3) is 1.99. The largest absolute Gasteiger partial charge is 0.475 e. The Morgan fingerprint density at radius 3 is 2.95 bits per heavy atom. The second kappa shape index (κ2) is 4.28. The highest BCUT2D eigenvalue weighted by Gasteiger charge is 2.15. The zero-order valence-electron chi connectivity index (χ0n) is 10.3. The summed E-state index contributed by atoms with van der Waals surface area (Å²) in [6.45, 7) is 2.14. The SMILES string of the molecule is Cc1cc(Cn2ncc3ccccc32)oc1C(=O)O. The van der Waals surface area contributed by atoms with Gasteiger partial charge >= 0.3 is 5.97 Å². The topological polar surface area (TPSA) is 68.3 Å². The summed E-state index contributed by atoms with van der Waals surface area (Å²) in [5, 5.41) is 14.3.